The second kappa shape index (κ2) is 6.61. The Kier molecular flexibility index (Phi) is 5.63. The van der Waals surface area contributed by atoms with Gasteiger partial charge in [-0.3, -0.25) is 4.79 Å². The van der Waals surface area contributed by atoms with E-state index in [-0.39, 0.29) is 23.5 Å². The van der Waals surface area contributed by atoms with Crippen molar-refractivity contribution in [1.82, 2.24) is 5.32 Å². The topological polar surface area (TPSA) is 38.3 Å². The lowest BCUT2D eigenvalue weighted by Gasteiger charge is -2.33. The Morgan fingerprint density at radius 2 is 1.80 bits per heavy atom. The number of benzene rings is 1. The second-order valence-electron chi connectivity index (χ2n) is 6.89. The fourth-order valence-electron chi connectivity index (χ4n) is 2.49. The van der Waals surface area contributed by atoms with Crippen molar-refractivity contribution in [3.05, 3.63) is 28.7 Å². The van der Waals surface area contributed by atoms with Gasteiger partial charge in [0.15, 0.2) is 6.61 Å². The second-order valence-corrected chi connectivity index (χ2v) is 7.74. The van der Waals surface area contributed by atoms with Gasteiger partial charge in [-0.05, 0) is 53.7 Å². The molecule has 1 rings (SSSR count). The van der Waals surface area contributed by atoms with Crippen molar-refractivity contribution in [3.63, 3.8) is 0 Å². The molecule has 0 heterocycles. The molecule has 0 unspecified atom stereocenters. The van der Waals surface area contributed by atoms with Crippen molar-refractivity contribution in [1.29, 1.82) is 0 Å². The standard InChI is InChI=1S/C16H24BrNO2/c1-15(2,3)11-16(4,5)18-14(19)10-20-13-9-7-6-8-12(13)17/h6-9H,10-11H2,1-5H3,(H,18,19). The maximum absolute atomic E-state index is 12.0. The monoisotopic (exact) mass is 341 g/mol. The average Bonchev–Trinajstić information content (AvgIpc) is 2.23. The lowest BCUT2D eigenvalue weighted by Crippen LogP contribution is -2.47. The predicted molar refractivity (Wildman–Crippen MR) is 85.9 cm³/mol. The molecule has 0 radical (unpaired) electrons. The molecule has 1 amide bonds. The summed E-state index contributed by atoms with van der Waals surface area (Å²) in [6.07, 6.45) is 0.904. The molecule has 0 saturated heterocycles. The fraction of sp³-hybridized carbons (Fsp3) is 0.562. The van der Waals surface area contributed by atoms with Gasteiger partial charge in [0, 0.05) is 5.54 Å². The molecule has 4 heteroatoms. The van der Waals surface area contributed by atoms with E-state index in [0.717, 1.165) is 10.9 Å². The number of amides is 1. The van der Waals surface area contributed by atoms with Crippen LogP contribution in [0.15, 0.2) is 28.7 Å². The lowest BCUT2D eigenvalue weighted by molar-refractivity contribution is -0.125. The number of hydrogen-bond donors (Lipinski definition) is 1. The van der Waals surface area contributed by atoms with Crippen LogP contribution in [0.1, 0.15) is 41.0 Å². The van der Waals surface area contributed by atoms with Gasteiger partial charge in [-0.25, -0.2) is 0 Å². The summed E-state index contributed by atoms with van der Waals surface area (Å²) in [4.78, 5) is 12.0. The van der Waals surface area contributed by atoms with Crippen LogP contribution < -0.4 is 10.1 Å². The van der Waals surface area contributed by atoms with Crippen LogP contribution in [0.2, 0.25) is 0 Å². The molecular weight excluding hydrogens is 318 g/mol. The normalized spacial score (nSPS) is 12.1. The van der Waals surface area contributed by atoms with E-state index >= 15 is 0 Å². The Morgan fingerprint density at radius 3 is 2.35 bits per heavy atom. The zero-order valence-corrected chi connectivity index (χ0v) is 14.5. The number of hydrogen-bond acceptors (Lipinski definition) is 2. The summed E-state index contributed by atoms with van der Waals surface area (Å²) < 4.78 is 6.36. The van der Waals surface area contributed by atoms with Crippen LogP contribution in [-0.4, -0.2) is 18.1 Å². The van der Waals surface area contributed by atoms with E-state index < -0.39 is 0 Å². The Morgan fingerprint density at radius 1 is 1.20 bits per heavy atom. The molecule has 0 aromatic heterocycles. The molecule has 1 aromatic carbocycles. The highest BCUT2D eigenvalue weighted by atomic mass is 79.9. The van der Waals surface area contributed by atoms with Crippen LogP contribution in [0.3, 0.4) is 0 Å². The third kappa shape index (κ3) is 6.42. The minimum absolute atomic E-state index is 0.0240. The number of nitrogens with one attached hydrogen (secondary N) is 1. The maximum atomic E-state index is 12.0. The highest BCUT2D eigenvalue weighted by Gasteiger charge is 2.27. The summed E-state index contributed by atoms with van der Waals surface area (Å²) >= 11 is 3.39. The van der Waals surface area contributed by atoms with Crippen molar-refractivity contribution in [2.24, 2.45) is 5.41 Å². The summed E-state index contributed by atoms with van der Waals surface area (Å²) in [5.74, 6) is 0.575. The molecule has 0 aliphatic rings. The Hall–Kier alpha value is -1.03. The van der Waals surface area contributed by atoms with Gasteiger partial charge in [-0.15, -0.1) is 0 Å². The molecule has 112 valence electrons. The number of ether oxygens (including phenoxy) is 1. The van der Waals surface area contributed by atoms with Crippen molar-refractivity contribution in [3.8, 4) is 5.75 Å². The summed E-state index contributed by atoms with van der Waals surface area (Å²) in [7, 11) is 0. The van der Waals surface area contributed by atoms with Crippen LogP contribution in [-0.2, 0) is 4.79 Å². The molecular formula is C16H24BrNO2. The van der Waals surface area contributed by atoms with E-state index in [2.05, 4.69) is 42.0 Å². The highest BCUT2D eigenvalue weighted by Crippen LogP contribution is 2.27. The third-order valence-corrected chi connectivity index (χ3v) is 3.30. The first kappa shape index (κ1) is 17.0. The number of para-hydroxylation sites is 1. The first-order chi connectivity index (χ1) is 9.09. The predicted octanol–water partition coefficient (Wildman–Crippen LogP) is 4.16. The van der Waals surface area contributed by atoms with E-state index in [0.29, 0.717) is 5.75 Å². The van der Waals surface area contributed by atoms with Crippen LogP contribution >= 0.6 is 15.9 Å². The van der Waals surface area contributed by atoms with E-state index in [1.54, 1.807) is 0 Å². The molecule has 1 N–H and O–H groups in total. The summed E-state index contributed by atoms with van der Waals surface area (Å²) in [6, 6.07) is 7.50. The van der Waals surface area contributed by atoms with Gasteiger partial charge in [-0.2, -0.15) is 0 Å². The van der Waals surface area contributed by atoms with Crippen LogP contribution in [0.25, 0.3) is 0 Å². The average molecular weight is 342 g/mol. The number of halogens is 1. The Balaban J connectivity index is 2.50. The van der Waals surface area contributed by atoms with Crippen molar-refractivity contribution < 1.29 is 9.53 Å². The lowest BCUT2D eigenvalue weighted by atomic mass is 9.82. The highest BCUT2D eigenvalue weighted by molar-refractivity contribution is 9.10. The van der Waals surface area contributed by atoms with E-state index in [9.17, 15) is 4.79 Å². The fourth-order valence-corrected chi connectivity index (χ4v) is 2.89. The van der Waals surface area contributed by atoms with Crippen LogP contribution in [0, 0.1) is 5.41 Å². The molecule has 0 spiro atoms. The number of carbonyl (C=O) groups excluding carboxylic acids is 1. The molecule has 20 heavy (non-hydrogen) atoms. The minimum Gasteiger partial charge on any atom is -0.483 e. The van der Waals surface area contributed by atoms with E-state index in [4.69, 9.17) is 4.74 Å². The first-order valence-corrected chi connectivity index (χ1v) is 7.57. The summed E-state index contributed by atoms with van der Waals surface area (Å²) in [5.41, 5.74) is -0.0767. The molecule has 0 atom stereocenters. The SMILES string of the molecule is CC(C)(C)CC(C)(C)NC(=O)COc1ccccc1Br. The largest absolute Gasteiger partial charge is 0.483 e. The van der Waals surface area contributed by atoms with Crippen LogP contribution in [0.4, 0.5) is 0 Å². The molecule has 0 saturated carbocycles. The molecule has 0 fully saturated rings. The molecule has 0 aliphatic carbocycles. The first-order valence-electron chi connectivity index (χ1n) is 6.77. The zero-order valence-electron chi connectivity index (χ0n) is 12.9. The van der Waals surface area contributed by atoms with Crippen molar-refractivity contribution >= 4 is 21.8 Å². The molecule has 1 aromatic rings. The third-order valence-electron chi connectivity index (χ3n) is 2.65. The number of rotatable bonds is 5. The van der Waals surface area contributed by atoms with Crippen molar-refractivity contribution in [2.75, 3.05) is 6.61 Å². The van der Waals surface area contributed by atoms with Gasteiger partial charge in [0.05, 0.1) is 4.47 Å². The van der Waals surface area contributed by atoms with Gasteiger partial charge in [0.2, 0.25) is 0 Å². The van der Waals surface area contributed by atoms with Gasteiger partial charge in [0.1, 0.15) is 5.75 Å². The molecule has 3 nitrogen and oxygen atoms in total. The Bertz CT molecular complexity index is 464. The van der Waals surface area contributed by atoms with E-state index in [1.807, 2.05) is 38.1 Å². The van der Waals surface area contributed by atoms with Gasteiger partial charge >= 0.3 is 0 Å². The van der Waals surface area contributed by atoms with Crippen molar-refractivity contribution in [2.45, 2.75) is 46.6 Å². The maximum Gasteiger partial charge on any atom is 0.258 e. The van der Waals surface area contributed by atoms with Gasteiger partial charge < -0.3 is 10.1 Å². The molecule has 0 aliphatic heterocycles. The van der Waals surface area contributed by atoms with Gasteiger partial charge in [-0.1, -0.05) is 32.9 Å². The van der Waals surface area contributed by atoms with E-state index in [1.165, 1.54) is 0 Å². The minimum atomic E-state index is -0.243. The smallest absolute Gasteiger partial charge is 0.258 e. The summed E-state index contributed by atoms with van der Waals surface area (Å²) in [6.45, 7) is 10.6. The van der Waals surface area contributed by atoms with Crippen LogP contribution in [0.5, 0.6) is 5.75 Å². The number of carbonyl (C=O) groups is 1. The Labute approximate surface area is 130 Å². The van der Waals surface area contributed by atoms with Gasteiger partial charge in [0.25, 0.3) is 5.91 Å². The summed E-state index contributed by atoms with van der Waals surface area (Å²) in [5, 5.41) is 3.02. The zero-order chi connectivity index (χ0) is 15.4. The molecule has 0 bridgehead atoms. The quantitative estimate of drug-likeness (QED) is 0.873.